The van der Waals surface area contributed by atoms with Crippen molar-refractivity contribution < 1.29 is 19.7 Å². The maximum absolute atomic E-state index is 11.5. The van der Waals surface area contributed by atoms with Crippen molar-refractivity contribution in [1.29, 1.82) is 0 Å². The van der Waals surface area contributed by atoms with Crippen LogP contribution in [0.3, 0.4) is 0 Å². The lowest BCUT2D eigenvalue weighted by Gasteiger charge is -2.26. The molecule has 3 rings (SSSR count). The molecule has 0 aliphatic carbocycles. The van der Waals surface area contributed by atoms with Crippen LogP contribution in [0.2, 0.25) is 0 Å². The normalized spacial score (nSPS) is 19.4. The highest BCUT2D eigenvalue weighted by Crippen LogP contribution is 2.28. The van der Waals surface area contributed by atoms with Crippen molar-refractivity contribution in [3.8, 4) is 0 Å². The van der Waals surface area contributed by atoms with Crippen LogP contribution < -0.4 is 0 Å². The number of pyridine rings is 1. The lowest BCUT2D eigenvalue weighted by atomic mass is 9.98. The monoisotopic (exact) mass is 385 g/mol. The first-order valence-electron chi connectivity index (χ1n) is 10.5. The average molecular weight is 386 g/mol. The minimum Gasteiger partial charge on any atom is -0.460 e. The molecule has 152 valence electrons. The Labute approximate surface area is 166 Å². The lowest BCUT2D eigenvalue weighted by molar-refractivity contribution is -0.161. The Hall–Kier alpha value is -1.98. The molecule has 1 aliphatic heterocycles. The van der Waals surface area contributed by atoms with Crippen LogP contribution in [0.1, 0.15) is 75.8 Å². The number of fused-ring (bicyclic) bond motifs is 1. The summed E-state index contributed by atoms with van der Waals surface area (Å²) in [5.41, 5.74) is 1.58. The van der Waals surface area contributed by atoms with Gasteiger partial charge in [0.2, 0.25) is 0 Å². The molecule has 1 aliphatic rings. The second-order valence-corrected chi connectivity index (χ2v) is 7.76. The smallest absolute Gasteiger partial charge is 0.306 e. The minimum atomic E-state index is -0.685. The number of esters is 1. The summed E-state index contributed by atoms with van der Waals surface area (Å²) < 4.78 is 5.27. The zero-order chi connectivity index (χ0) is 19.9. The molecule has 2 N–H and O–H groups in total. The number of carbonyl (C=O) groups excluding carboxylic acids is 1. The van der Waals surface area contributed by atoms with Crippen LogP contribution in [0.5, 0.6) is 0 Å². The van der Waals surface area contributed by atoms with E-state index in [-0.39, 0.29) is 5.97 Å². The Morgan fingerprint density at radius 1 is 1.21 bits per heavy atom. The number of aryl methyl sites for hydroxylation is 1. The van der Waals surface area contributed by atoms with Gasteiger partial charge < -0.3 is 14.9 Å². The first-order valence-corrected chi connectivity index (χ1v) is 10.5. The summed E-state index contributed by atoms with van der Waals surface area (Å²) >= 11 is 0. The molecule has 0 unspecified atom stereocenters. The third kappa shape index (κ3) is 5.30. The third-order valence-corrected chi connectivity index (χ3v) is 5.50. The predicted molar refractivity (Wildman–Crippen MR) is 109 cm³/mol. The Morgan fingerprint density at radius 2 is 2.04 bits per heavy atom. The largest absolute Gasteiger partial charge is 0.460 e. The summed E-state index contributed by atoms with van der Waals surface area (Å²) in [4.78, 5) is 16.2. The van der Waals surface area contributed by atoms with Gasteiger partial charge in [0.1, 0.15) is 6.10 Å². The van der Waals surface area contributed by atoms with Gasteiger partial charge in [-0.1, -0.05) is 50.5 Å². The van der Waals surface area contributed by atoms with Gasteiger partial charge in [-0.25, -0.2) is 0 Å². The van der Waals surface area contributed by atoms with E-state index >= 15 is 0 Å². The molecule has 1 aromatic heterocycles. The zero-order valence-corrected chi connectivity index (χ0v) is 16.6. The van der Waals surface area contributed by atoms with Crippen LogP contribution in [0.25, 0.3) is 10.8 Å². The van der Waals surface area contributed by atoms with Crippen molar-refractivity contribution in [2.45, 2.75) is 83.0 Å². The maximum atomic E-state index is 11.5. The fourth-order valence-electron chi connectivity index (χ4n) is 3.88. The van der Waals surface area contributed by atoms with Crippen molar-refractivity contribution in [1.82, 2.24) is 4.98 Å². The number of aliphatic hydroxyl groups is 2. The molecule has 3 atom stereocenters. The molecular formula is C23H31NO4. The molecule has 2 aromatic rings. The van der Waals surface area contributed by atoms with Crippen LogP contribution in [-0.2, 0) is 16.0 Å². The number of aromatic nitrogens is 1. The van der Waals surface area contributed by atoms with E-state index < -0.39 is 18.3 Å². The molecule has 0 saturated carbocycles. The summed E-state index contributed by atoms with van der Waals surface area (Å²) in [6, 6.07) is 10.0. The van der Waals surface area contributed by atoms with E-state index in [2.05, 4.69) is 6.92 Å². The van der Waals surface area contributed by atoms with Gasteiger partial charge in [-0.15, -0.1) is 0 Å². The van der Waals surface area contributed by atoms with E-state index in [1.165, 1.54) is 0 Å². The van der Waals surface area contributed by atoms with E-state index in [0.717, 1.165) is 47.8 Å². The summed E-state index contributed by atoms with van der Waals surface area (Å²) in [7, 11) is 0. The van der Waals surface area contributed by atoms with Crippen molar-refractivity contribution in [3.05, 3.63) is 41.7 Å². The fourth-order valence-corrected chi connectivity index (χ4v) is 3.88. The predicted octanol–water partition coefficient (Wildman–Crippen LogP) is 4.24. The van der Waals surface area contributed by atoms with Crippen molar-refractivity contribution >= 4 is 16.7 Å². The van der Waals surface area contributed by atoms with Gasteiger partial charge >= 0.3 is 5.97 Å². The summed E-state index contributed by atoms with van der Waals surface area (Å²) in [6.45, 7) is 2.15. The van der Waals surface area contributed by atoms with Crippen LogP contribution >= 0.6 is 0 Å². The fraction of sp³-hybridized carbons (Fsp3) is 0.565. The van der Waals surface area contributed by atoms with E-state index in [1.807, 2.05) is 30.3 Å². The van der Waals surface area contributed by atoms with Gasteiger partial charge in [0, 0.05) is 17.5 Å². The minimum absolute atomic E-state index is 0.225. The highest BCUT2D eigenvalue weighted by atomic mass is 16.6. The third-order valence-electron chi connectivity index (χ3n) is 5.50. The van der Waals surface area contributed by atoms with E-state index in [0.29, 0.717) is 32.1 Å². The molecule has 5 heteroatoms. The van der Waals surface area contributed by atoms with Gasteiger partial charge in [0.15, 0.2) is 0 Å². The zero-order valence-electron chi connectivity index (χ0n) is 16.6. The summed E-state index contributed by atoms with van der Waals surface area (Å²) in [5.74, 6) is -0.225. The van der Waals surface area contributed by atoms with Gasteiger partial charge in [-0.05, 0) is 43.6 Å². The lowest BCUT2D eigenvalue weighted by Crippen LogP contribution is -2.34. The van der Waals surface area contributed by atoms with Gasteiger partial charge in [-0.3, -0.25) is 9.78 Å². The number of cyclic esters (lactones) is 1. The molecule has 0 radical (unpaired) electrons. The molecular weight excluding hydrogens is 354 g/mol. The molecule has 0 bridgehead atoms. The highest BCUT2D eigenvalue weighted by molar-refractivity contribution is 5.85. The number of hydrogen-bond donors (Lipinski definition) is 2. The molecule has 2 heterocycles. The average Bonchev–Trinajstić information content (AvgIpc) is 2.71. The van der Waals surface area contributed by atoms with Crippen LogP contribution in [0.4, 0.5) is 0 Å². The number of benzene rings is 1. The first kappa shape index (κ1) is 20.7. The van der Waals surface area contributed by atoms with Gasteiger partial charge in [-0.2, -0.15) is 0 Å². The first-order chi connectivity index (χ1) is 13.6. The number of carbonyl (C=O) groups is 1. The number of unbranched alkanes of at least 4 members (excludes halogenated alkanes) is 2. The second-order valence-electron chi connectivity index (χ2n) is 7.76. The molecule has 1 saturated heterocycles. The van der Waals surface area contributed by atoms with Crippen LogP contribution in [-0.4, -0.2) is 33.4 Å². The molecule has 5 nitrogen and oxygen atoms in total. The standard InChI is InChI=1S/C23H31NO4/c1-2-3-4-10-20(26)23-18-9-6-5-8-16(18)15-17(24-23)13-14-19(25)21-11-7-12-22(27)28-21/h5-6,8-9,15,19-21,25-26H,2-4,7,10-14H2,1H3/t19-,20-,21+/m1/s1. The van der Waals surface area contributed by atoms with Gasteiger partial charge in [0.25, 0.3) is 0 Å². The Bertz CT molecular complexity index is 791. The Kier molecular flexibility index (Phi) is 7.40. The summed E-state index contributed by atoms with van der Waals surface area (Å²) in [5, 5.41) is 23.2. The second kappa shape index (κ2) is 9.99. The Balaban J connectivity index is 1.73. The SMILES string of the molecule is CCCCC[C@@H](O)c1nc(CC[C@@H](O)[C@@H]2CCCC(=O)O2)cc2ccccc12. The van der Waals surface area contributed by atoms with Crippen LogP contribution in [0.15, 0.2) is 30.3 Å². The molecule has 0 spiro atoms. The van der Waals surface area contributed by atoms with Gasteiger partial charge in [0.05, 0.1) is 17.9 Å². The number of nitrogens with zero attached hydrogens (tertiary/aromatic N) is 1. The topological polar surface area (TPSA) is 79.7 Å². The van der Waals surface area contributed by atoms with Crippen LogP contribution in [0, 0.1) is 0 Å². The maximum Gasteiger partial charge on any atom is 0.306 e. The quantitative estimate of drug-likeness (QED) is 0.499. The molecule has 1 fully saturated rings. The summed E-state index contributed by atoms with van der Waals surface area (Å²) in [6.07, 6.45) is 5.18. The number of aliphatic hydroxyl groups excluding tert-OH is 2. The highest BCUT2D eigenvalue weighted by Gasteiger charge is 2.27. The Morgan fingerprint density at radius 3 is 2.82 bits per heavy atom. The molecule has 28 heavy (non-hydrogen) atoms. The number of ether oxygens (including phenoxy) is 1. The van der Waals surface area contributed by atoms with Crippen molar-refractivity contribution in [3.63, 3.8) is 0 Å². The molecule has 1 aromatic carbocycles. The van der Waals surface area contributed by atoms with Crippen molar-refractivity contribution in [2.75, 3.05) is 0 Å². The number of rotatable bonds is 9. The van der Waals surface area contributed by atoms with Crippen molar-refractivity contribution in [2.24, 2.45) is 0 Å². The van der Waals surface area contributed by atoms with E-state index in [4.69, 9.17) is 9.72 Å². The number of hydrogen-bond acceptors (Lipinski definition) is 5. The molecule has 0 amide bonds. The van der Waals surface area contributed by atoms with E-state index in [9.17, 15) is 15.0 Å². The van der Waals surface area contributed by atoms with E-state index in [1.54, 1.807) is 0 Å².